The molecule has 5 nitrogen and oxygen atoms in total. The van der Waals surface area contributed by atoms with Crippen LogP contribution in [0.15, 0.2) is 24.3 Å². The molecule has 1 aromatic carbocycles. The first-order valence-electron chi connectivity index (χ1n) is 7.85. The van der Waals surface area contributed by atoms with E-state index in [1.807, 2.05) is 11.9 Å². The maximum absolute atomic E-state index is 11.0. The van der Waals surface area contributed by atoms with E-state index in [9.17, 15) is 4.79 Å². The summed E-state index contributed by atoms with van der Waals surface area (Å²) in [5.74, 6) is -0.302. The molecule has 1 aliphatic heterocycles. The van der Waals surface area contributed by atoms with Crippen LogP contribution in [0.2, 0.25) is 0 Å². The maximum Gasteiger partial charge on any atom is 0.231 e. The molecule has 2 rings (SSSR count). The second-order valence-corrected chi connectivity index (χ2v) is 6.18. The topological polar surface area (TPSA) is 58.8 Å². The van der Waals surface area contributed by atoms with Gasteiger partial charge in [0.1, 0.15) is 0 Å². The van der Waals surface area contributed by atoms with Crippen LogP contribution in [0.1, 0.15) is 24.1 Å². The van der Waals surface area contributed by atoms with Crippen molar-refractivity contribution in [3.8, 4) is 0 Å². The van der Waals surface area contributed by atoms with Crippen molar-refractivity contribution in [3.63, 3.8) is 0 Å². The van der Waals surface area contributed by atoms with Gasteiger partial charge in [-0.05, 0) is 32.0 Å². The van der Waals surface area contributed by atoms with Crippen molar-refractivity contribution in [2.75, 3.05) is 39.8 Å². The Hall–Kier alpha value is -1.43. The molecule has 0 aliphatic carbocycles. The molecule has 0 spiro atoms. The first kappa shape index (κ1) is 16.9. The van der Waals surface area contributed by atoms with Crippen LogP contribution in [0, 0.1) is 6.92 Å². The van der Waals surface area contributed by atoms with Gasteiger partial charge in [0.25, 0.3) is 0 Å². The van der Waals surface area contributed by atoms with E-state index in [-0.39, 0.29) is 18.6 Å². The molecule has 22 heavy (non-hydrogen) atoms. The van der Waals surface area contributed by atoms with Crippen LogP contribution < -0.4 is 5.73 Å². The highest BCUT2D eigenvalue weighted by atomic mass is 16.5. The van der Waals surface area contributed by atoms with Crippen LogP contribution >= 0.6 is 0 Å². The fraction of sp³-hybridized carbons (Fsp3) is 0.588. The number of carbonyl (C=O) groups is 1. The number of primary amides is 1. The highest BCUT2D eigenvalue weighted by Crippen LogP contribution is 2.25. The van der Waals surface area contributed by atoms with Gasteiger partial charge < -0.3 is 10.5 Å². The Kier molecular flexibility index (Phi) is 5.94. The van der Waals surface area contributed by atoms with Gasteiger partial charge in [0.05, 0.1) is 19.3 Å². The molecule has 1 aliphatic rings. The van der Waals surface area contributed by atoms with E-state index >= 15 is 0 Å². The third kappa shape index (κ3) is 4.53. The fourth-order valence-electron chi connectivity index (χ4n) is 3.13. The van der Waals surface area contributed by atoms with Crippen molar-refractivity contribution in [2.24, 2.45) is 5.73 Å². The summed E-state index contributed by atoms with van der Waals surface area (Å²) >= 11 is 0. The van der Waals surface area contributed by atoms with E-state index in [1.165, 1.54) is 11.1 Å². The third-order valence-corrected chi connectivity index (χ3v) is 4.30. The van der Waals surface area contributed by atoms with Crippen LogP contribution in [-0.2, 0) is 9.53 Å². The van der Waals surface area contributed by atoms with Crippen molar-refractivity contribution in [1.82, 2.24) is 9.80 Å². The Bertz CT molecular complexity index is 506. The highest BCUT2D eigenvalue weighted by Gasteiger charge is 2.26. The Morgan fingerprint density at radius 1 is 1.50 bits per heavy atom. The lowest BCUT2D eigenvalue weighted by molar-refractivity contribution is -0.119. The fourth-order valence-corrected chi connectivity index (χ4v) is 3.13. The normalized spacial score (nSPS) is 21.0. The molecule has 0 unspecified atom stereocenters. The largest absolute Gasteiger partial charge is 0.374 e. The van der Waals surface area contributed by atoms with E-state index in [2.05, 4.69) is 43.0 Å². The smallest absolute Gasteiger partial charge is 0.231 e. The van der Waals surface area contributed by atoms with Crippen molar-refractivity contribution in [1.29, 1.82) is 0 Å². The molecule has 0 aromatic heterocycles. The summed E-state index contributed by atoms with van der Waals surface area (Å²) in [5.41, 5.74) is 7.93. The van der Waals surface area contributed by atoms with Gasteiger partial charge in [-0.3, -0.25) is 14.6 Å². The number of rotatable bonds is 6. The number of nitrogens with zero attached hydrogens (tertiary/aromatic N) is 2. The summed E-state index contributed by atoms with van der Waals surface area (Å²) in [6, 6.07) is 8.90. The molecule has 0 bridgehead atoms. The van der Waals surface area contributed by atoms with E-state index in [0.29, 0.717) is 6.04 Å². The van der Waals surface area contributed by atoms with Gasteiger partial charge >= 0.3 is 0 Å². The number of hydrogen-bond acceptors (Lipinski definition) is 4. The molecule has 122 valence electrons. The van der Waals surface area contributed by atoms with Crippen LogP contribution in [0.3, 0.4) is 0 Å². The van der Waals surface area contributed by atoms with Crippen molar-refractivity contribution >= 4 is 5.91 Å². The van der Waals surface area contributed by atoms with Crippen LogP contribution in [-0.4, -0.2) is 61.6 Å². The predicted molar refractivity (Wildman–Crippen MR) is 87.6 cm³/mol. The molecule has 2 atom stereocenters. The Balaban J connectivity index is 1.95. The molecule has 5 heteroatoms. The molecule has 1 saturated heterocycles. The van der Waals surface area contributed by atoms with Gasteiger partial charge in [-0.2, -0.15) is 0 Å². The van der Waals surface area contributed by atoms with Gasteiger partial charge in [-0.15, -0.1) is 0 Å². The molecule has 2 N–H and O–H groups in total. The number of likely N-dealkylation sites (N-methyl/N-ethyl adjacent to an activating group) is 1. The minimum atomic E-state index is -0.302. The molecular formula is C17H27N3O2. The van der Waals surface area contributed by atoms with Gasteiger partial charge in [0.2, 0.25) is 5.91 Å². The van der Waals surface area contributed by atoms with E-state index in [1.54, 1.807) is 0 Å². The predicted octanol–water partition coefficient (Wildman–Crippen LogP) is 1.17. The zero-order chi connectivity index (χ0) is 16.1. The number of carbonyl (C=O) groups excluding carboxylic acids is 1. The zero-order valence-electron chi connectivity index (χ0n) is 13.8. The average molecular weight is 305 g/mol. The van der Waals surface area contributed by atoms with Gasteiger partial charge in [-0.1, -0.05) is 24.3 Å². The van der Waals surface area contributed by atoms with E-state index in [0.717, 1.165) is 26.2 Å². The minimum Gasteiger partial charge on any atom is -0.374 e. The average Bonchev–Trinajstić information content (AvgIpc) is 2.46. The molecular weight excluding hydrogens is 278 g/mol. The standard InChI is InChI=1S/C17H27N3O2/c1-13-6-4-5-7-16(13)14(2)20-8-9-22-15(11-20)10-19(3)12-17(18)21/h4-7,14-15H,8-12H2,1-3H3,(H2,18,21)/t14-,15+/m0/s1. The summed E-state index contributed by atoms with van der Waals surface area (Å²) in [7, 11) is 1.90. The van der Waals surface area contributed by atoms with Gasteiger partial charge in [0.15, 0.2) is 0 Å². The second kappa shape index (κ2) is 7.72. The van der Waals surface area contributed by atoms with Crippen molar-refractivity contribution < 1.29 is 9.53 Å². The highest BCUT2D eigenvalue weighted by molar-refractivity contribution is 5.75. The summed E-state index contributed by atoms with van der Waals surface area (Å²) in [6.07, 6.45) is 0.115. The van der Waals surface area contributed by atoms with Crippen molar-refractivity contribution in [3.05, 3.63) is 35.4 Å². The summed E-state index contributed by atoms with van der Waals surface area (Å²) < 4.78 is 5.84. The quantitative estimate of drug-likeness (QED) is 0.857. The first-order chi connectivity index (χ1) is 10.5. The number of morpholine rings is 1. The van der Waals surface area contributed by atoms with Gasteiger partial charge in [-0.25, -0.2) is 0 Å². The number of benzene rings is 1. The summed E-state index contributed by atoms with van der Waals surface area (Å²) in [5, 5.41) is 0. The molecule has 0 saturated carbocycles. The van der Waals surface area contributed by atoms with Crippen LogP contribution in [0.25, 0.3) is 0 Å². The van der Waals surface area contributed by atoms with Crippen molar-refractivity contribution in [2.45, 2.75) is 26.0 Å². The number of aryl methyl sites for hydroxylation is 1. The SMILES string of the molecule is Cc1ccccc1[C@H](C)N1CCO[C@H](CN(C)CC(N)=O)C1. The lowest BCUT2D eigenvalue weighted by Gasteiger charge is -2.38. The molecule has 1 aromatic rings. The van der Waals surface area contributed by atoms with Crippen LogP contribution in [0.4, 0.5) is 0 Å². The maximum atomic E-state index is 11.0. The van der Waals surface area contributed by atoms with E-state index < -0.39 is 0 Å². The zero-order valence-corrected chi connectivity index (χ0v) is 13.8. The number of hydrogen-bond donors (Lipinski definition) is 1. The molecule has 1 amide bonds. The second-order valence-electron chi connectivity index (χ2n) is 6.18. The molecule has 1 fully saturated rings. The number of ether oxygens (including phenoxy) is 1. The van der Waals surface area contributed by atoms with E-state index in [4.69, 9.17) is 10.5 Å². The third-order valence-electron chi connectivity index (χ3n) is 4.30. The Morgan fingerprint density at radius 2 is 2.23 bits per heavy atom. The Labute approximate surface area is 133 Å². The summed E-state index contributed by atoms with van der Waals surface area (Å²) in [4.78, 5) is 15.4. The minimum absolute atomic E-state index is 0.115. The lowest BCUT2D eigenvalue weighted by Crippen LogP contribution is -2.48. The molecule has 0 radical (unpaired) electrons. The number of amides is 1. The lowest BCUT2D eigenvalue weighted by atomic mass is 10.0. The monoisotopic (exact) mass is 305 g/mol. The first-order valence-corrected chi connectivity index (χ1v) is 7.85. The molecule has 1 heterocycles. The van der Waals surface area contributed by atoms with Gasteiger partial charge in [0, 0.05) is 25.7 Å². The number of nitrogens with two attached hydrogens (primary N) is 1. The van der Waals surface area contributed by atoms with Crippen LogP contribution in [0.5, 0.6) is 0 Å². The summed E-state index contributed by atoms with van der Waals surface area (Å²) in [6.45, 7) is 7.94. The Morgan fingerprint density at radius 3 is 2.91 bits per heavy atom.